The highest BCUT2D eigenvalue weighted by molar-refractivity contribution is 5.22. The molecule has 1 N–H and O–H groups in total. The smallest absolute Gasteiger partial charge is 0.163 e. The van der Waals surface area contributed by atoms with E-state index in [9.17, 15) is 8.78 Å². The summed E-state index contributed by atoms with van der Waals surface area (Å²) in [6.45, 7) is 2.52. The van der Waals surface area contributed by atoms with E-state index in [0.29, 0.717) is 24.7 Å². The van der Waals surface area contributed by atoms with Gasteiger partial charge in [0.15, 0.2) is 11.6 Å². The predicted molar refractivity (Wildman–Crippen MR) is 72.5 cm³/mol. The standard InChI is InChI=1S/C15H21F2NO2/c1-18-14(12-3-2-4-13(16)15(12)17)10-20-9-11-5-7-19-8-6-11/h2-4,11,14,18H,5-10H2,1H3. The number of benzene rings is 1. The number of rotatable bonds is 6. The molecule has 0 aromatic heterocycles. The molecule has 0 amide bonds. The van der Waals surface area contributed by atoms with Crippen LogP contribution in [0.2, 0.25) is 0 Å². The van der Waals surface area contributed by atoms with Gasteiger partial charge in [0.05, 0.1) is 12.6 Å². The van der Waals surface area contributed by atoms with E-state index >= 15 is 0 Å². The van der Waals surface area contributed by atoms with Crippen molar-refractivity contribution >= 4 is 0 Å². The fraction of sp³-hybridized carbons (Fsp3) is 0.600. The molecule has 1 aromatic rings. The lowest BCUT2D eigenvalue weighted by atomic mass is 10.0. The number of ether oxygens (including phenoxy) is 2. The molecule has 0 radical (unpaired) electrons. The summed E-state index contributed by atoms with van der Waals surface area (Å²) in [5.41, 5.74) is 0.305. The van der Waals surface area contributed by atoms with Crippen LogP contribution in [0, 0.1) is 17.6 Å². The molecule has 1 aliphatic heterocycles. The monoisotopic (exact) mass is 285 g/mol. The molecule has 1 heterocycles. The molecule has 1 fully saturated rings. The Kier molecular flexibility index (Phi) is 5.88. The average Bonchev–Trinajstić information content (AvgIpc) is 2.48. The lowest BCUT2D eigenvalue weighted by molar-refractivity contribution is 0.0154. The Bertz CT molecular complexity index is 422. The van der Waals surface area contributed by atoms with Crippen molar-refractivity contribution in [2.45, 2.75) is 18.9 Å². The van der Waals surface area contributed by atoms with Crippen LogP contribution < -0.4 is 5.32 Å². The van der Waals surface area contributed by atoms with Crippen molar-refractivity contribution in [3.63, 3.8) is 0 Å². The van der Waals surface area contributed by atoms with Crippen LogP contribution in [-0.2, 0) is 9.47 Å². The van der Waals surface area contributed by atoms with E-state index < -0.39 is 11.6 Å². The lowest BCUT2D eigenvalue weighted by Crippen LogP contribution is -2.26. The maximum Gasteiger partial charge on any atom is 0.163 e. The van der Waals surface area contributed by atoms with Crippen LogP contribution in [0.5, 0.6) is 0 Å². The van der Waals surface area contributed by atoms with Crippen molar-refractivity contribution in [1.82, 2.24) is 5.32 Å². The van der Waals surface area contributed by atoms with E-state index in [1.54, 1.807) is 13.1 Å². The zero-order valence-electron chi connectivity index (χ0n) is 11.7. The first-order valence-electron chi connectivity index (χ1n) is 6.99. The van der Waals surface area contributed by atoms with Crippen molar-refractivity contribution in [2.24, 2.45) is 5.92 Å². The maximum atomic E-state index is 13.7. The van der Waals surface area contributed by atoms with Crippen LogP contribution >= 0.6 is 0 Å². The van der Waals surface area contributed by atoms with Crippen molar-refractivity contribution in [1.29, 1.82) is 0 Å². The minimum absolute atomic E-state index is 0.305. The van der Waals surface area contributed by atoms with Crippen LogP contribution in [0.25, 0.3) is 0 Å². The molecule has 112 valence electrons. The number of likely N-dealkylation sites (N-methyl/N-ethyl adjacent to an activating group) is 1. The second kappa shape index (κ2) is 7.67. The van der Waals surface area contributed by atoms with Gasteiger partial charge in [0, 0.05) is 25.4 Å². The average molecular weight is 285 g/mol. The van der Waals surface area contributed by atoms with Gasteiger partial charge >= 0.3 is 0 Å². The topological polar surface area (TPSA) is 30.5 Å². The first-order chi connectivity index (χ1) is 9.72. The minimum atomic E-state index is -0.827. The summed E-state index contributed by atoms with van der Waals surface area (Å²) in [5.74, 6) is -1.13. The molecule has 0 saturated carbocycles. The largest absolute Gasteiger partial charge is 0.381 e. The van der Waals surface area contributed by atoms with Crippen LogP contribution in [0.1, 0.15) is 24.4 Å². The summed E-state index contributed by atoms with van der Waals surface area (Å²) in [7, 11) is 1.72. The van der Waals surface area contributed by atoms with Gasteiger partial charge in [-0.25, -0.2) is 8.78 Å². The highest BCUT2D eigenvalue weighted by Crippen LogP contribution is 2.20. The van der Waals surface area contributed by atoms with Gasteiger partial charge in [0.2, 0.25) is 0 Å². The molecule has 1 atom stereocenters. The summed E-state index contributed by atoms with van der Waals surface area (Å²) in [4.78, 5) is 0. The van der Waals surface area contributed by atoms with Crippen molar-refractivity contribution in [3.05, 3.63) is 35.4 Å². The molecule has 1 saturated heterocycles. The van der Waals surface area contributed by atoms with E-state index in [4.69, 9.17) is 9.47 Å². The van der Waals surface area contributed by atoms with Gasteiger partial charge in [-0.3, -0.25) is 0 Å². The first-order valence-corrected chi connectivity index (χ1v) is 6.99. The zero-order chi connectivity index (χ0) is 14.4. The Morgan fingerprint density at radius 3 is 2.80 bits per heavy atom. The van der Waals surface area contributed by atoms with Gasteiger partial charge in [-0.1, -0.05) is 12.1 Å². The van der Waals surface area contributed by atoms with E-state index in [2.05, 4.69) is 5.32 Å². The maximum absolute atomic E-state index is 13.7. The third-order valence-corrected chi connectivity index (χ3v) is 3.68. The highest BCUT2D eigenvalue weighted by atomic mass is 19.2. The third-order valence-electron chi connectivity index (χ3n) is 3.68. The van der Waals surface area contributed by atoms with Crippen molar-refractivity contribution in [2.75, 3.05) is 33.5 Å². The molecule has 0 bridgehead atoms. The number of hydrogen-bond acceptors (Lipinski definition) is 3. The van der Waals surface area contributed by atoms with Crippen LogP contribution in [0.3, 0.4) is 0 Å². The molecular formula is C15H21F2NO2. The van der Waals surface area contributed by atoms with Gasteiger partial charge in [0.1, 0.15) is 0 Å². The van der Waals surface area contributed by atoms with Crippen molar-refractivity contribution in [3.8, 4) is 0 Å². The molecule has 1 aliphatic rings. The van der Waals surface area contributed by atoms with Crippen molar-refractivity contribution < 1.29 is 18.3 Å². The minimum Gasteiger partial charge on any atom is -0.381 e. The molecule has 1 unspecified atom stereocenters. The molecule has 2 rings (SSSR count). The number of nitrogens with one attached hydrogen (secondary N) is 1. The molecule has 20 heavy (non-hydrogen) atoms. The zero-order valence-corrected chi connectivity index (χ0v) is 11.7. The second-order valence-corrected chi connectivity index (χ2v) is 5.08. The molecule has 0 spiro atoms. The van der Waals surface area contributed by atoms with E-state index in [0.717, 1.165) is 32.1 Å². The lowest BCUT2D eigenvalue weighted by Gasteiger charge is -2.23. The van der Waals surface area contributed by atoms with Crippen LogP contribution in [0.4, 0.5) is 8.78 Å². The van der Waals surface area contributed by atoms with Gasteiger partial charge in [-0.05, 0) is 31.9 Å². The fourth-order valence-electron chi connectivity index (χ4n) is 2.38. The third kappa shape index (κ3) is 3.98. The Morgan fingerprint density at radius 1 is 1.35 bits per heavy atom. The van der Waals surface area contributed by atoms with E-state index in [1.807, 2.05) is 0 Å². The molecule has 3 nitrogen and oxygen atoms in total. The summed E-state index contributed by atoms with van der Waals surface area (Å²) < 4.78 is 37.9. The Labute approximate surface area is 118 Å². The number of hydrogen-bond donors (Lipinski definition) is 1. The quantitative estimate of drug-likeness (QED) is 0.871. The molecule has 5 heteroatoms. The normalized spacial score (nSPS) is 18.1. The van der Waals surface area contributed by atoms with Gasteiger partial charge in [0.25, 0.3) is 0 Å². The fourth-order valence-corrected chi connectivity index (χ4v) is 2.38. The second-order valence-electron chi connectivity index (χ2n) is 5.08. The Balaban J connectivity index is 1.87. The van der Waals surface area contributed by atoms with Gasteiger partial charge < -0.3 is 14.8 Å². The molecular weight excluding hydrogens is 264 g/mol. The Morgan fingerprint density at radius 2 is 2.10 bits per heavy atom. The molecule has 1 aromatic carbocycles. The predicted octanol–water partition coefficient (Wildman–Crippen LogP) is 2.67. The highest BCUT2D eigenvalue weighted by Gasteiger charge is 2.18. The Hall–Kier alpha value is -1.04. The molecule has 0 aliphatic carbocycles. The van der Waals surface area contributed by atoms with Gasteiger partial charge in [-0.2, -0.15) is 0 Å². The summed E-state index contributed by atoms with van der Waals surface area (Å²) in [6.07, 6.45) is 2.00. The van der Waals surface area contributed by atoms with E-state index in [1.165, 1.54) is 6.07 Å². The number of halogens is 2. The van der Waals surface area contributed by atoms with Crippen LogP contribution in [0.15, 0.2) is 18.2 Å². The summed E-state index contributed by atoms with van der Waals surface area (Å²) >= 11 is 0. The van der Waals surface area contributed by atoms with E-state index in [-0.39, 0.29) is 6.04 Å². The first kappa shape index (κ1) is 15.4. The summed E-state index contributed by atoms with van der Waals surface area (Å²) in [5, 5.41) is 2.97. The van der Waals surface area contributed by atoms with Crippen LogP contribution in [-0.4, -0.2) is 33.5 Å². The van der Waals surface area contributed by atoms with Gasteiger partial charge in [-0.15, -0.1) is 0 Å². The SMILES string of the molecule is CNC(COCC1CCOCC1)c1cccc(F)c1F. The summed E-state index contributed by atoms with van der Waals surface area (Å²) in [6, 6.07) is 3.87.